The molecular formula is C16H7ClO6. The van der Waals surface area contributed by atoms with Gasteiger partial charge >= 0.3 is 11.9 Å². The summed E-state index contributed by atoms with van der Waals surface area (Å²) >= 11 is 5.98. The van der Waals surface area contributed by atoms with E-state index >= 15 is 0 Å². The summed E-state index contributed by atoms with van der Waals surface area (Å²) in [4.78, 5) is 47.7. The number of ketones is 2. The number of carboxylic acid groups (broad SMARTS) is 2. The Morgan fingerprint density at radius 3 is 1.96 bits per heavy atom. The molecule has 0 saturated heterocycles. The molecule has 0 amide bonds. The Morgan fingerprint density at radius 1 is 0.870 bits per heavy atom. The van der Waals surface area contributed by atoms with Gasteiger partial charge in [-0.15, -0.1) is 0 Å². The number of rotatable bonds is 2. The summed E-state index contributed by atoms with van der Waals surface area (Å²) in [5, 5.41) is 17.8. The highest BCUT2D eigenvalue weighted by atomic mass is 35.5. The second-order valence-corrected chi connectivity index (χ2v) is 5.23. The molecule has 1 aliphatic carbocycles. The van der Waals surface area contributed by atoms with Crippen LogP contribution in [0.4, 0.5) is 0 Å². The Balaban J connectivity index is 2.42. The monoisotopic (exact) mass is 330 g/mol. The first-order chi connectivity index (χ1) is 10.8. The molecule has 23 heavy (non-hydrogen) atoms. The van der Waals surface area contributed by atoms with Gasteiger partial charge in [-0.25, -0.2) is 9.59 Å². The molecule has 0 atom stereocenters. The standard InChI is InChI=1S/C16H7ClO6/c17-12-10-8(5-9(15(20)21)11(12)16(22)23)13(18)6-3-1-2-4-7(6)14(10)19/h1-5H,(H,20,21)(H,22,23). The SMILES string of the molecule is O=C(O)c1cc2c(c(Cl)c1C(=O)O)C(=O)c1ccccc1C2=O. The first kappa shape index (κ1) is 14.9. The maximum Gasteiger partial charge on any atom is 0.338 e. The molecule has 3 rings (SSSR count). The summed E-state index contributed by atoms with van der Waals surface area (Å²) in [5.74, 6) is -4.32. The van der Waals surface area contributed by atoms with Crippen LogP contribution in [0.5, 0.6) is 0 Å². The van der Waals surface area contributed by atoms with E-state index in [2.05, 4.69) is 0 Å². The zero-order valence-electron chi connectivity index (χ0n) is 11.3. The Labute approximate surface area is 133 Å². The predicted molar refractivity (Wildman–Crippen MR) is 78.7 cm³/mol. The molecule has 0 spiro atoms. The quantitative estimate of drug-likeness (QED) is 0.747. The first-order valence-electron chi connectivity index (χ1n) is 6.36. The number of hydrogen-bond acceptors (Lipinski definition) is 4. The molecule has 0 unspecified atom stereocenters. The second-order valence-electron chi connectivity index (χ2n) is 4.85. The minimum absolute atomic E-state index is 0.103. The Morgan fingerprint density at radius 2 is 1.43 bits per heavy atom. The zero-order chi connectivity index (χ0) is 16.9. The van der Waals surface area contributed by atoms with Gasteiger partial charge in [0.05, 0.1) is 21.7 Å². The maximum absolute atomic E-state index is 12.6. The van der Waals surface area contributed by atoms with E-state index in [0.29, 0.717) is 0 Å². The summed E-state index contributed by atoms with van der Waals surface area (Å²) in [6, 6.07) is 6.90. The fourth-order valence-electron chi connectivity index (χ4n) is 2.59. The van der Waals surface area contributed by atoms with Gasteiger partial charge in [-0.05, 0) is 6.07 Å². The van der Waals surface area contributed by atoms with E-state index < -0.39 is 39.7 Å². The van der Waals surface area contributed by atoms with Crippen LogP contribution in [0.3, 0.4) is 0 Å². The smallest absolute Gasteiger partial charge is 0.338 e. The van der Waals surface area contributed by atoms with Crippen LogP contribution in [0.2, 0.25) is 5.02 Å². The van der Waals surface area contributed by atoms with Gasteiger partial charge in [0.15, 0.2) is 11.6 Å². The number of carbonyl (C=O) groups is 4. The van der Waals surface area contributed by atoms with Crippen molar-refractivity contribution in [2.75, 3.05) is 0 Å². The third-order valence-electron chi connectivity index (χ3n) is 3.60. The number of aromatic carboxylic acids is 2. The number of carboxylic acids is 2. The molecule has 6 nitrogen and oxygen atoms in total. The molecule has 1 aliphatic rings. The molecule has 2 N–H and O–H groups in total. The third kappa shape index (κ3) is 2.03. The Bertz CT molecular complexity index is 928. The molecule has 0 aliphatic heterocycles. The summed E-state index contributed by atoms with van der Waals surface area (Å²) < 4.78 is 0. The van der Waals surface area contributed by atoms with E-state index in [4.69, 9.17) is 16.7 Å². The first-order valence-corrected chi connectivity index (χ1v) is 6.74. The predicted octanol–water partition coefficient (Wildman–Crippen LogP) is 2.51. The number of halogens is 1. The molecule has 2 aromatic carbocycles. The van der Waals surface area contributed by atoms with Gasteiger partial charge in [-0.3, -0.25) is 9.59 Å². The molecule has 114 valence electrons. The van der Waals surface area contributed by atoms with Crippen LogP contribution in [-0.2, 0) is 0 Å². The van der Waals surface area contributed by atoms with Crippen molar-refractivity contribution in [3.63, 3.8) is 0 Å². The van der Waals surface area contributed by atoms with Crippen LogP contribution >= 0.6 is 11.6 Å². The molecule has 0 bridgehead atoms. The third-order valence-corrected chi connectivity index (χ3v) is 3.98. The van der Waals surface area contributed by atoms with Crippen LogP contribution in [0, 0.1) is 0 Å². The van der Waals surface area contributed by atoms with Crippen molar-refractivity contribution in [3.05, 3.63) is 68.7 Å². The maximum atomic E-state index is 12.6. The molecule has 0 radical (unpaired) electrons. The van der Waals surface area contributed by atoms with Gasteiger partial charge < -0.3 is 10.2 Å². The Kier molecular flexibility index (Phi) is 3.26. The highest BCUT2D eigenvalue weighted by Gasteiger charge is 2.35. The lowest BCUT2D eigenvalue weighted by atomic mass is 9.82. The molecule has 0 saturated carbocycles. The number of hydrogen-bond donors (Lipinski definition) is 2. The van der Waals surface area contributed by atoms with Gasteiger partial charge in [0.1, 0.15) is 0 Å². The topological polar surface area (TPSA) is 109 Å². The Hall–Kier alpha value is -2.99. The lowest BCUT2D eigenvalue weighted by Gasteiger charge is -2.20. The van der Waals surface area contributed by atoms with Crippen molar-refractivity contribution in [2.45, 2.75) is 0 Å². The largest absolute Gasteiger partial charge is 0.478 e. The summed E-state index contributed by atoms with van der Waals surface area (Å²) in [6.07, 6.45) is 0. The summed E-state index contributed by atoms with van der Waals surface area (Å²) in [6.45, 7) is 0. The average Bonchev–Trinajstić information content (AvgIpc) is 2.51. The van der Waals surface area contributed by atoms with Crippen molar-refractivity contribution in [1.29, 1.82) is 0 Å². The van der Waals surface area contributed by atoms with Crippen LogP contribution in [0.25, 0.3) is 0 Å². The summed E-state index contributed by atoms with van der Waals surface area (Å²) in [7, 11) is 0. The molecular weight excluding hydrogens is 324 g/mol. The van der Waals surface area contributed by atoms with E-state index in [1.165, 1.54) is 12.1 Å². The molecule has 0 aromatic heterocycles. The van der Waals surface area contributed by atoms with Crippen LogP contribution in [0.15, 0.2) is 30.3 Å². The highest BCUT2D eigenvalue weighted by Crippen LogP contribution is 2.35. The van der Waals surface area contributed by atoms with Crippen LogP contribution in [0.1, 0.15) is 52.6 Å². The number of carbonyl (C=O) groups excluding carboxylic acids is 2. The average molecular weight is 331 g/mol. The minimum Gasteiger partial charge on any atom is -0.478 e. The normalized spacial score (nSPS) is 12.6. The van der Waals surface area contributed by atoms with Crippen LogP contribution < -0.4 is 0 Å². The molecule has 7 heteroatoms. The van der Waals surface area contributed by atoms with Gasteiger partial charge in [-0.2, -0.15) is 0 Å². The molecule has 0 fully saturated rings. The van der Waals surface area contributed by atoms with Crippen molar-refractivity contribution in [3.8, 4) is 0 Å². The fraction of sp³-hybridized carbons (Fsp3) is 0. The van der Waals surface area contributed by atoms with Gasteiger partial charge in [-0.1, -0.05) is 35.9 Å². The highest BCUT2D eigenvalue weighted by molar-refractivity contribution is 6.42. The van der Waals surface area contributed by atoms with Crippen molar-refractivity contribution >= 4 is 35.1 Å². The number of benzene rings is 2. The molecule has 0 heterocycles. The van der Waals surface area contributed by atoms with Crippen LogP contribution in [-0.4, -0.2) is 33.7 Å². The van der Waals surface area contributed by atoms with E-state index in [-0.39, 0.29) is 22.3 Å². The van der Waals surface area contributed by atoms with Crippen molar-refractivity contribution < 1.29 is 29.4 Å². The number of fused-ring (bicyclic) bond motifs is 2. The van der Waals surface area contributed by atoms with E-state index in [0.717, 1.165) is 6.07 Å². The van der Waals surface area contributed by atoms with E-state index in [9.17, 15) is 24.3 Å². The fourth-order valence-corrected chi connectivity index (χ4v) is 2.96. The van der Waals surface area contributed by atoms with Gasteiger partial charge in [0.25, 0.3) is 0 Å². The molecule has 2 aromatic rings. The summed E-state index contributed by atoms with van der Waals surface area (Å²) in [5.41, 5.74) is -1.61. The van der Waals surface area contributed by atoms with Gasteiger partial charge in [0.2, 0.25) is 0 Å². The van der Waals surface area contributed by atoms with Crippen molar-refractivity contribution in [1.82, 2.24) is 0 Å². The van der Waals surface area contributed by atoms with E-state index in [1.54, 1.807) is 12.1 Å². The zero-order valence-corrected chi connectivity index (χ0v) is 12.0. The minimum atomic E-state index is -1.59. The van der Waals surface area contributed by atoms with Crippen molar-refractivity contribution in [2.24, 2.45) is 0 Å². The van der Waals surface area contributed by atoms with Gasteiger partial charge in [0, 0.05) is 16.7 Å². The van der Waals surface area contributed by atoms with E-state index in [1.807, 2.05) is 0 Å². The lowest BCUT2D eigenvalue weighted by molar-refractivity contribution is 0.0651. The second kappa shape index (κ2) is 5.03. The lowest BCUT2D eigenvalue weighted by Crippen LogP contribution is -2.24.